The van der Waals surface area contributed by atoms with E-state index in [4.69, 9.17) is 6.57 Å². The standard InChI is InChI=1S/C13H17N3/c1-14-13-5-3-4-12(10-13)11-16-8-6-15(2)7-9-16/h3-5,10H,6-9,11H2,2H3. The maximum Gasteiger partial charge on any atom is 0.187 e. The summed E-state index contributed by atoms with van der Waals surface area (Å²) < 4.78 is 0. The van der Waals surface area contributed by atoms with Crippen LogP contribution >= 0.6 is 0 Å². The van der Waals surface area contributed by atoms with E-state index in [0.29, 0.717) is 0 Å². The highest BCUT2D eigenvalue weighted by Crippen LogP contribution is 2.15. The molecule has 1 heterocycles. The number of nitrogens with zero attached hydrogens (tertiary/aromatic N) is 3. The smallest absolute Gasteiger partial charge is 0.187 e. The van der Waals surface area contributed by atoms with E-state index in [1.54, 1.807) is 0 Å². The summed E-state index contributed by atoms with van der Waals surface area (Å²) in [6, 6.07) is 7.93. The van der Waals surface area contributed by atoms with E-state index >= 15 is 0 Å². The predicted molar refractivity (Wildman–Crippen MR) is 65.5 cm³/mol. The maximum absolute atomic E-state index is 6.99. The lowest BCUT2D eigenvalue weighted by molar-refractivity contribution is 0.148. The molecule has 0 N–H and O–H groups in total. The van der Waals surface area contributed by atoms with Gasteiger partial charge in [0.05, 0.1) is 6.57 Å². The van der Waals surface area contributed by atoms with Crippen LogP contribution in [0.3, 0.4) is 0 Å². The van der Waals surface area contributed by atoms with E-state index in [1.807, 2.05) is 18.2 Å². The van der Waals surface area contributed by atoms with Crippen LogP contribution in [-0.2, 0) is 6.54 Å². The fraction of sp³-hybridized carbons (Fsp3) is 0.462. The van der Waals surface area contributed by atoms with Crippen molar-refractivity contribution in [3.8, 4) is 0 Å². The highest BCUT2D eigenvalue weighted by molar-refractivity contribution is 5.46. The first kappa shape index (κ1) is 11.1. The van der Waals surface area contributed by atoms with E-state index in [2.05, 4.69) is 27.8 Å². The fourth-order valence-electron chi connectivity index (χ4n) is 1.99. The molecule has 0 aromatic heterocycles. The summed E-state index contributed by atoms with van der Waals surface area (Å²) in [7, 11) is 2.16. The largest absolute Gasteiger partial charge is 0.304 e. The lowest BCUT2D eigenvalue weighted by atomic mass is 10.2. The van der Waals surface area contributed by atoms with Crippen LogP contribution in [0.1, 0.15) is 5.56 Å². The fourth-order valence-corrected chi connectivity index (χ4v) is 1.99. The molecule has 3 heteroatoms. The zero-order valence-electron chi connectivity index (χ0n) is 9.69. The Hall–Kier alpha value is -1.37. The molecule has 0 aliphatic carbocycles. The highest BCUT2D eigenvalue weighted by Gasteiger charge is 2.13. The first-order valence-corrected chi connectivity index (χ1v) is 5.65. The van der Waals surface area contributed by atoms with Crippen LogP contribution in [0, 0.1) is 6.57 Å². The first-order valence-electron chi connectivity index (χ1n) is 5.65. The molecule has 0 saturated carbocycles. The molecule has 1 aromatic rings. The Bertz CT molecular complexity index is 386. The summed E-state index contributed by atoms with van der Waals surface area (Å²) in [6.07, 6.45) is 0. The van der Waals surface area contributed by atoms with Gasteiger partial charge in [-0.3, -0.25) is 4.90 Å². The van der Waals surface area contributed by atoms with E-state index in [-0.39, 0.29) is 0 Å². The Kier molecular flexibility index (Phi) is 3.55. The molecule has 0 atom stereocenters. The van der Waals surface area contributed by atoms with Crippen molar-refractivity contribution in [1.29, 1.82) is 0 Å². The highest BCUT2D eigenvalue weighted by atomic mass is 15.2. The Morgan fingerprint density at radius 1 is 1.25 bits per heavy atom. The van der Waals surface area contributed by atoms with Crippen molar-refractivity contribution in [3.63, 3.8) is 0 Å². The van der Waals surface area contributed by atoms with Gasteiger partial charge in [-0.05, 0) is 12.6 Å². The molecule has 0 unspecified atom stereocenters. The molecule has 0 bridgehead atoms. The molecule has 1 aliphatic heterocycles. The molecule has 16 heavy (non-hydrogen) atoms. The van der Waals surface area contributed by atoms with Gasteiger partial charge in [-0.15, -0.1) is 0 Å². The maximum atomic E-state index is 6.99. The number of rotatable bonds is 2. The van der Waals surface area contributed by atoms with Gasteiger partial charge in [0.1, 0.15) is 0 Å². The second-order valence-electron chi connectivity index (χ2n) is 4.36. The van der Waals surface area contributed by atoms with Crippen molar-refractivity contribution >= 4 is 5.69 Å². The Balaban J connectivity index is 1.96. The lowest BCUT2D eigenvalue weighted by Gasteiger charge is -2.32. The Morgan fingerprint density at radius 2 is 2.00 bits per heavy atom. The van der Waals surface area contributed by atoms with Gasteiger partial charge in [0, 0.05) is 32.7 Å². The molecule has 84 valence electrons. The average molecular weight is 215 g/mol. The number of likely N-dealkylation sites (N-methyl/N-ethyl adjacent to an activating group) is 1. The SMILES string of the molecule is [C-]#[N+]c1cccc(CN2CCN(C)CC2)c1. The normalized spacial score (nSPS) is 18.2. The monoisotopic (exact) mass is 215 g/mol. The van der Waals surface area contributed by atoms with E-state index < -0.39 is 0 Å². The number of hydrogen-bond acceptors (Lipinski definition) is 2. The van der Waals surface area contributed by atoms with Crippen LogP contribution in [0.15, 0.2) is 24.3 Å². The number of benzene rings is 1. The Morgan fingerprint density at radius 3 is 2.69 bits per heavy atom. The first-order chi connectivity index (χ1) is 7.78. The van der Waals surface area contributed by atoms with Crippen molar-refractivity contribution in [1.82, 2.24) is 9.80 Å². The average Bonchev–Trinajstić information content (AvgIpc) is 2.32. The Labute approximate surface area is 97.1 Å². The van der Waals surface area contributed by atoms with Crippen LogP contribution in [0.5, 0.6) is 0 Å². The molecule has 0 amide bonds. The molecule has 0 radical (unpaired) electrons. The minimum absolute atomic E-state index is 0.742. The minimum atomic E-state index is 0.742. The number of hydrogen-bond donors (Lipinski definition) is 0. The summed E-state index contributed by atoms with van der Waals surface area (Å²) in [5, 5.41) is 0. The quantitative estimate of drug-likeness (QED) is 0.699. The van der Waals surface area contributed by atoms with Crippen molar-refractivity contribution in [2.75, 3.05) is 33.2 Å². The van der Waals surface area contributed by atoms with E-state index in [1.165, 1.54) is 5.56 Å². The summed E-state index contributed by atoms with van der Waals surface area (Å²) in [5.41, 5.74) is 1.99. The molecule has 1 fully saturated rings. The third-order valence-corrected chi connectivity index (χ3v) is 3.04. The molecule has 2 rings (SSSR count). The molecular weight excluding hydrogens is 198 g/mol. The summed E-state index contributed by atoms with van der Waals surface area (Å²) in [4.78, 5) is 8.26. The topological polar surface area (TPSA) is 10.8 Å². The van der Waals surface area contributed by atoms with Gasteiger partial charge in [-0.2, -0.15) is 0 Å². The van der Waals surface area contributed by atoms with Crippen molar-refractivity contribution < 1.29 is 0 Å². The van der Waals surface area contributed by atoms with Crippen molar-refractivity contribution in [3.05, 3.63) is 41.2 Å². The molecule has 1 saturated heterocycles. The summed E-state index contributed by atoms with van der Waals surface area (Å²) >= 11 is 0. The van der Waals surface area contributed by atoms with Gasteiger partial charge in [0.15, 0.2) is 5.69 Å². The predicted octanol–water partition coefficient (Wildman–Crippen LogP) is 1.98. The van der Waals surface area contributed by atoms with Crippen LogP contribution in [0.4, 0.5) is 5.69 Å². The summed E-state index contributed by atoms with van der Waals surface area (Å²) in [6.45, 7) is 12.5. The molecule has 1 aliphatic rings. The third kappa shape index (κ3) is 2.82. The van der Waals surface area contributed by atoms with Gasteiger partial charge < -0.3 is 4.90 Å². The van der Waals surface area contributed by atoms with Gasteiger partial charge >= 0.3 is 0 Å². The molecule has 3 nitrogen and oxygen atoms in total. The molecule has 1 aromatic carbocycles. The van der Waals surface area contributed by atoms with Gasteiger partial charge in [-0.25, -0.2) is 4.85 Å². The molecular formula is C13H17N3. The van der Waals surface area contributed by atoms with E-state index in [0.717, 1.165) is 38.4 Å². The molecule has 0 spiro atoms. The zero-order chi connectivity index (χ0) is 11.4. The van der Waals surface area contributed by atoms with Crippen LogP contribution in [0.25, 0.3) is 4.85 Å². The zero-order valence-corrected chi connectivity index (χ0v) is 9.69. The summed E-state index contributed by atoms with van der Waals surface area (Å²) in [5.74, 6) is 0. The third-order valence-electron chi connectivity index (χ3n) is 3.04. The second kappa shape index (κ2) is 5.11. The van der Waals surface area contributed by atoms with Gasteiger partial charge in [0.25, 0.3) is 0 Å². The van der Waals surface area contributed by atoms with Crippen molar-refractivity contribution in [2.24, 2.45) is 0 Å². The van der Waals surface area contributed by atoms with Crippen molar-refractivity contribution in [2.45, 2.75) is 6.54 Å². The van der Waals surface area contributed by atoms with Crippen LogP contribution in [0.2, 0.25) is 0 Å². The van der Waals surface area contributed by atoms with Gasteiger partial charge in [0.2, 0.25) is 0 Å². The van der Waals surface area contributed by atoms with Crippen LogP contribution < -0.4 is 0 Å². The lowest BCUT2D eigenvalue weighted by Crippen LogP contribution is -2.43. The second-order valence-corrected chi connectivity index (χ2v) is 4.36. The van der Waals surface area contributed by atoms with Gasteiger partial charge in [-0.1, -0.05) is 24.3 Å². The number of piperazine rings is 1. The minimum Gasteiger partial charge on any atom is -0.304 e. The van der Waals surface area contributed by atoms with E-state index in [9.17, 15) is 0 Å². The van der Waals surface area contributed by atoms with Crippen LogP contribution in [-0.4, -0.2) is 43.0 Å².